The van der Waals surface area contributed by atoms with Crippen LogP contribution in [-0.2, 0) is 9.47 Å². The Morgan fingerprint density at radius 2 is 1.44 bits per heavy atom. The van der Waals surface area contributed by atoms with Gasteiger partial charge in [0.15, 0.2) is 0 Å². The molecule has 0 radical (unpaired) electrons. The summed E-state index contributed by atoms with van der Waals surface area (Å²) in [6, 6.07) is 0. The van der Waals surface area contributed by atoms with Crippen molar-refractivity contribution >= 4 is 0 Å². The molecule has 0 aromatic heterocycles. The van der Waals surface area contributed by atoms with E-state index in [1.807, 2.05) is 13.8 Å². The minimum absolute atomic E-state index is 0.0235. The van der Waals surface area contributed by atoms with Crippen molar-refractivity contribution in [3.8, 4) is 0 Å². The van der Waals surface area contributed by atoms with E-state index in [1.165, 1.54) is 51.4 Å². The van der Waals surface area contributed by atoms with Crippen molar-refractivity contribution in [2.24, 2.45) is 11.3 Å². The van der Waals surface area contributed by atoms with Crippen molar-refractivity contribution in [3.05, 3.63) is 12.3 Å². The number of hydrogen-bond acceptors (Lipinski definition) is 3. The van der Waals surface area contributed by atoms with Crippen LogP contribution in [0.2, 0.25) is 0 Å². The second-order valence-electron chi connectivity index (χ2n) is 9.72. The van der Waals surface area contributed by atoms with Crippen LogP contribution in [0.1, 0.15) is 106 Å². The number of hydrogen-bond donors (Lipinski definition) is 1. The highest BCUT2D eigenvalue weighted by molar-refractivity contribution is 4.91. The van der Waals surface area contributed by atoms with Crippen molar-refractivity contribution in [1.82, 2.24) is 0 Å². The summed E-state index contributed by atoms with van der Waals surface area (Å²) in [5, 5.41) is 9.78. The van der Waals surface area contributed by atoms with E-state index in [-0.39, 0.29) is 24.0 Å². The zero-order valence-corrected chi connectivity index (χ0v) is 19.4. The normalized spacial score (nSPS) is 14.8. The van der Waals surface area contributed by atoms with E-state index in [9.17, 15) is 5.11 Å². The number of aliphatic hydroxyl groups is 1. The Labute approximate surface area is 169 Å². The summed E-state index contributed by atoms with van der Waals surface area (Å²) >= 11 is 0. The summed E-state index contributed by atoms with van der Waals surface area (Å²) in [5.74, 6) is 0.730. The molecule has 3 nitrogen and oxygen atoms in total. The van der Waals surface area contributed by atoms with Gasteiger partial charge in [-0.15, -0.1) is 0 Å². The number of rotatable bonds is 16. The van der Waals surface area contributed by atoms with Gasteiger partial charge in [-0.3, -0.25) is 0 Å². The fourth-order valence-corrected chi connectivity index (χ4v) is 3.85. The molecule has 0 aliphatic rings. The Morgan fingerprint density at radius 3 is 1.93 bits per heavy atom. The Kier molecular flexibility index (Phi) is 13.3. The van der Waals surface area contributed by atoms with Gasteiger partial charge in [0.25, 0.3) is 0 Å². The zero-order valence-electron chi connectivity index (χ0n) is 19.4. The third-order valence-electron chi connectivity index (χ3n) is 5.50. The Bertz CT molecular complexity index is 382. The smallest absolute Gasteiger partial charge is 0.115 e. The summed E-state index contributed by atoms with van der Waals surface area (Å²) in [5.41, 5.74) is -0.454. The minimum Gasteiger partial charge on any atom is -0.493 e. The average molecular weight is 385 g/mol. The van der Waals surface area contributed by atoms with Gasteiger partial charge in [-0.2, -0.15) is 0 Å². The standard InChI is InChI=1S/C24H48O3/c1-9-10-11-12-13-14-15-16-17-20(2)27-21(3)19-26-24(7,8)22(18-25)23(4,5)6/h20,22,25H,3,9-19H2,1-2,4-8H3. The number of unbranched alkanes of at least 4 members (excludes halogenated alkanes) is 7. The fourth-order valence-electron chi connectivity index (χ4n) is 3.85. The van der Waals surface area contributed by atoms with Gasteiger partial charge in [-0.25, -0.2) is 0 Å². The maximum absolute atomic E-state index is 9.78. The molecule has 0 aliphatic carbocycles. The molecule has 0 saturated carbocycles. The molecule has 0 saturated heterocycles. The van der Waals surface area contributed by atoms with E-state index in [1.54, 1.807) is 0 Å². The maximum Gasteiger partial charge on any atom is 0.115 e. The summed E-state index contributed by atoms with van der Waals surface area (Å²) in [6.45, 7) is 19.4. The third kappa shape index (κ3) is 12.5. The van der Waals surface area contributed by atoms with Crippen LogP contribution in [0.3, 0.4) is 0 Å². The molecule has 0 spiro atoms. The van der Waals surface area contributed by atoms with Crippen LogP contribution in [0.25, 0.3) is 0 Å². The van der Waals surface area contributed by atoms with Gasteiger partial charge >= 0.3 is 0 Å². The molecule has 0 amide bonds. The van der Waals surface area contributed by atoms with Crippen molar-refractivity contribution < 1.29 is 14.6 Å². The Morgan fingerprint density at radius 1 is 0.926 bits per heavy atom. The van der Waals surface area contributed by atoms with E-state index in [2.05, 4.69) is 41.2 Å². The first-order chi connectivity index (χ1) is 12.5. The SMILES string of the molecule is C=C(COC(C)(C)C(CO)C(C)(C)C)OC(C)CCCCCCCCCC. The van der Waals surface area contributed by atoms with Crippen molar-refractivity contribution in [2.75, 3.05) is 13.2 Å². The first-order valence-electron chi connectivity index (χ1n) is 11.1. The topological polar surface area (TPSA) is 38.7 Å². The first kappa shape index (κ1) is 26.5. The van der Waals surface area contributed by atoms with Crippen LogP contribution in [0, 0.1) is 11.3 Å². The van der Waals surface area contributed by atoms with Crippen LogP contribution in [0.4, 0.5) is 0 Å². The van der Waals surface area contributed by atoms with Gasteiger partial charge in [0, 0.05) is 12.5 Å². The predicted octanol–water partition coefficient (Wildman–Crippen LogP) is 6.89. The molecule has 2 unspecified atom stereocenters. The summed E-state index contributed by atoms with van der Waals surface area (Å²) < 4.78 is 12.0. The molecule has 0 fully saturated rings. The Hall–Kier alpha value is -0.540. The van der Waals surface area contributed by atoms with E-state index in [0.29, 0.717) is 12.4 Å². The van der Waals surface area contributed by atoms with Crippen LogP contribution in [0.5, 0.6) is 0 Å². The highest BCUT2D eigenvalue weighted by Gasteiger charge is 2.38. The van der Waals surface area contributed by atoms with Gasteiger partial charge in [0.1, 0.15) is 12.4 Å². The molecule has 0 aliphatic heterocycles. The van der Waals surface area contributed by atoms with Crippen LogP contribution < -0.4 is 0 Å². The van der Waals surface area contributed by atoms with Crippen LogP contribution in [0.15, 0.2) is 12.3 Å². The van der Waals surface area contributed by atoms with Crippen molar-refractivity contribution in [2.45, 2.75) is 118 Å². The molecular formula is C24H48O3. The average Bonchev–Trinajstić information content (AvgIpc) is 2.54. The second kappa shape index (κ2) is 13.6. The third-order valence-corrected chi connectivity index (χ3v) is 5.50. The number of ether oxygens (including phenoxy) is 2. The van der Waals surface area contributed by atoms with E-state index in [0.717, 1.165) is 6.42 Å². The quantitative estimate of drug-likeness (QED) is 0.233. The lowest BCUT2D eigenvalue weighted by Gasteiger charge is -2.41. The van der Waals surface area contributed by atoms with Crippen LogP contribution in [-0.4, -0.2) is 30.0 Å². The molecule has 2 atom stereocenters. The number of aliphatic hydroxyl groups excluding tert-OH is 1. The van der Waals surface area contributed by atoms with E-state index >= 15 is 0 Å². The lowest BCUT2D eigenvalue weighted by Crippen LogP contribution is -2.44. The molecule has 27 heavy (non-hydrogen) atoms. The van der Waals surface area contributed by atoms with Gasteiger partial charge in [-0.05, 0) is 39.0 Å². The molecule has 0 aromatic rings. The highest BCUT2D eigenvalue weighted by Crippen LogP contribution is 2.36. The molecule has 0 bridgehead atoms. The monoisotopic (exact) mass is 384 g/mol. The van der Waals surface area contributed by atoms with Gasteiger partial charge < -0.3 is 14.6 Å². The van der Waals surface area contributed by atoms with Crippen molar-refractivity contribution in [3.63, 3.8) is 0 Å². The molecular weight excluding hydrogens is 336 g/mol. The summed E-state index contributed by atoms with van der Waals surface area (Å²) in [4.78, 5) is 0. The lowest BCUT2D eigenvalue weighted by atomic mass is 9.72. The van der Waals surface area contributed by atoms with E-state index in [4.69, 9.17) is 9.47 Å². The predicted molar refractivity (Wildman–Crippen MR) is 117 cm³/mol. The lowest BCUT2D eigenvalue weighted by molar-refractivity contribution is -0.110. The fraction of sp³-hybridized carbons (Fsp3) is 0.917. The molecule has 0 heterocycles. The molecule has 162 valence electrons. The Balaban J connectivity index is 4.00. The molecule has 3 heteroatoms. The molecule has 1 N–H and O–H groups in total. The summed E-state index contributed by atoms with van der Waals surface area (Å²) in [6.07, 6.45) is 11.9. The first-order valence-corrected chi connectivity index (χ1v) is 11.1. The van der Waals surface area contributed by atoms with Gasteiger partial charge in [0.05, 0.1) is 11.7 Å². The molecule has 0 aromatic carbocycles. The highest BCUT2D eigenvalue weighted by atomic mass is 16.5. The summed E-state index contributed by atoms with van der Waals surface area (Å²) in [7, 11) is 0. The molecule has 0 rings (SSSR count). The minimum atomic E-state index is -0.430. The van der Waals surface area contributed by atoms with Gasteiger partial charge in [0.2, 0.25) is 0 Å². The zero-order chi connectivity index (χ0) is 20.9. The van der Waals surface area contributed by atoms with Gasteiger partial charge in [-0.1, -0.05) is 79.2 Å². The largest absolute Gasteiger partial charge is 0.493 e. The maximum atomic E-state index is 9.78. The van der Waals surface area contributed by atoms with Crippen molar-refractivity contribution in [1.29, 1.82) is 0 Å². The van der Waals surface area contributed by atoms with E-state index < -0.39 is 5.60 Å². The second-order valence-corrected chi connectivity index (χ2v) is 9.72. The van der Waals surface area contributed by atoms with Crippen LogP contribution >= 0.6 is 0 Å².